The third kappa shape index (κ3) is 9.84. The molecule has 0 aromatic carbocycles. The van der Waals surface area contributed by atoms with E-state index in [2.05, 4.69) is 41.5 Å². The van der Waals surface area contributed by atoms with Crippen molar-refractivity contribution in [3.63, 3.8) is 0 Å². The predicted octanol–water partition coefficient (Wildman–Crippen LogP) is 6.28. The van der Waals surface area contributed by atoms with Crippen LogP contribution in [-0.4, -0.2) is 11.8 Å². The summed E-state index contributed by atoms with van der Waals surface area (Å²) in [7, 11) is 0. The van der Waals surface area contributed by atoms with Gasteiger partial charge in [0.15, 0.2) is 0 Å². The second-order valence-electron chi connectivity index (χ2n) is 7.47. The molecule has 0 saturated heterocycles. The van der Waals surface area contributed by atoms with E-state index < -0.39 is 5.72 Å². The molecule has 0 aromatic heterocycles. The van der Waals surface area contributed by atoms with Gasteiger partial charge in [0.1, 0.15) is 5.72 Å². The minimum atomic E-state index is -0.434. The molecule has 0 aliphatic heterocycles. The fourth-order valence-corrected chi connectivity index (χ4v) is 3.51. The summed E-state index contributed by atoms with van der Waals surface area (Å²) in [6, 6.07) is 0. The number of nitrogens with two attached hydrogens (primary N) is 1. The highest BCUT2D eigenvalue weighted by atomic mass is 16.5. The molecule has 0 aliphatic carbocycles. The Kier molecular flexibility index (Phi) is 12.3. The van der Waals surface area contributed by atoms with Crippen molar-refractivity contribution in [2.45, 2.75) is 118 Å². The Morgan fingerprint density at radius 2 is 1.23 bits per heavy atom. The van der Waals surface area contributed by atoms with Gasteiger partial charge in [-0.15, -0.1) is 0 Å². The summed E-state index contributed by atoms with van der Waals surface area (Å²) in [5, 5.41) is 0. The summed E-state index contributed by atoms with van der Waals surface area (Å²) in [4.78, 5) is 0. The third-order valence-corrected chi connectivity index (χ3v) is 4.83. The summed E-state index contributed by atoms with van der Waals surface area (Å²) in [5.41, 5.74) is 6.34. The minimum absolute atomic E-state index is 0.206. The first-order valence-electron chi connectivity index (χ1n) is 9.87. The van der Waals surface area contributed by atoms with Crippen molar-refractivity contribution >= 4 is 0 Å². The van der Waals surface area contributed by atoms with Crippen LogP contribution in [0.5, 0.6) is 0 Å². The lowest BCUT2D eigenvalue weighted by atomic mass is 9.83. The normalized spacial score (nSPS) is 17.5. The zero-order chi connectivity index (χ0) is 17.0. The standard InChI is InChI=1S/C20H43NO/c1-7-11-13-18(9-3)15-20(21,22-17(5)6)16-19(10-4)14-12-8-2/h17-19H,7-16,21H2,1-6H3. The van der Waals surface area contributed by atoms with E-state index in [1.54, 1.807) is 0 Å². The Morgan fingerprint density at radius 3 is 1.50 bits per heavy atom. The highest BCUT2D eigenvalue weighted by Gasteiger charge is 2.32. The second kappa shape index (κ2) is 12.4. The smallest absolute Gasteiger partial charge is 0.117 e. The predicted molar refractivity (Wildman–Crippen MR) is 99.0 cm³/mol. The lowest BCUT2D eigenvalue weighted by molar-refractivity contribution is -0.105. The Bertz CT molecular complexity index is 234. The molecule has 134 valence electrons. The average molecular weight is 314 g/mol. The summed E-state index contributed by atoms with van der Waals surface area (Å²) >= 11 is 0. The van der Waals surface area contributed by atoms with Crippen molar-refractivity contribution in [1.82, 2.24) is 0 Å². The van der Waals surface area contributed by atoms with Crippen LogP contribution < -0.4 is 5.73 Å². The summed E-state index contributed by atoms with van der Waals surface area (Å²) in [6.45, 7) is 13.4. The van der Waals surface area contributed by atoms with E-state index in [-0.39, 0.29) is 6.10 Å². The molecule has 0 heterocycles. The molecule has 2 N–H and O–H groups in total. The van der Waals surface area contributed by atoms with Gasteiger partial charge in [0.05, 0.1) is 6.10 Å². The largest absolute Gasteiger partial charge is 0.358 e. The molecule has 2 nitrogen and oxygen atoms in total. The zero-order valence-electron chi connectivity index (χ0n) is 16.3. The molecule has 0 fully saturated rings. The van der Waals surface area contributed by atoms with Crippen LogP contribution in [0.4, 0.5) is 0 Å². The molecule has 22 heavy (non-hydrogen) atoms. The van der Waals surface area contributed by atoms with Crippen LogP contribution in [0, 0.1) is 11.8 Å². The van der Waals surface area contributed by atoms with Gasteiger partial charge in [-0.3, -0.25) is 0 Å². The van der Waals surface area contributed by atoms with Gasteiger partial charge in [0, 0.05) is 0 Å². The van der Waals surface area contributed by atoms with Crippen LogP contribution in [0.25, 0.3) is 0 Å². The van der Waals surface area contributed by atoms with E-state index in [0.29, 0.717) is 11.8 Å². The van der Waals surface area contributed by atoms with E-state index in [4.69, 9.17) is 10.5 Å². The molecule has 0 radical (unpaired) electrons. The topological polar surface area (TPSA) is 35.2 Å². The first-order valence-corrected chi connectivity index (χ1v) is 9.87. The summed E-state index contributed by atoms with van der Waals surface area (Å²) in [5.74, 6) is 1.40. The molecule has 0 saturated carbocycles. The van der Waals surface area contributed by atoms with Crippen LogP contribution in [0.3, 0.4) is 0 Å². The molecule has 0 spiro atoms. The number of hydrogen-bond acceptors (Lipinski definition) is 2. The van der Waals surface area contributed by atoms with Crippen molar-refractivity contribution in [3.8, 4) is 0 Å². The maximum Gasteiger partial charge on any atom is 0.117 e. The van der Waals surface area contributed by atoms with Crippen LogP contribution >= 0.6 is 0 Å². The van der Waals surface area contributed by atoms with Gasteiger partial charge in [0.2, 0.25) is 0 Å². The number of rotatable bonds is 14. The Balaban J connectivity index is 4.79. The van der Waals surface area contributed by atoms with Crippen molar-refractivity contribution < 1.29 is 4.74 Å². The molecule has 0 aromatic rings. The van der Waals surface area contributed by atoms with Crippen LogP contribution in [0.1, 0.15) is 106 Å². The van der Waals surface area contributed by atoms with Crippen LogP contribution in [0.2, 0.25) is 0 Å². The number of hydrogen-bond donors (Lipinski definition) is 1. The molecule has 0 bridgehead atoms. The van der Waals surface area contributed by atoms with Crippen molar-refractivity contribution in [1.29, 1.82) is 0 Å². The fraction of sp³-hybridized carbons (Fsp3) is 1.00. The molecule has 0 amide bonds. The lowest BCUT2D eigenvalue weighted by Gasteiger charge is -2.37. The van der Waals surface area contributed by atoms with Crippen molar-refractivity contribution in [3.05, 3.63) is 0 Å². The van der Waals surface area contributed by atoms with E-state index in [1.165, 1.54) is 51.4 Å². The summed E-state index contributed by atoms with van der Waals surface area (Å²) in [6.07, 6.45) is 12.4. The van der Waals surface area contributed by atoms with Gasteiger partial charge in [0.25, 0.3) is 0 Å². The van der Waals surface area contributed by atoms with Gasteiger partial charge < -0.3 is 10.5 Å². The van der Waals surface area contributed by atoms with Crippen molar-refractivity contribution in [2.24, 2.45) is 17.6 Å². The zero-order valence-corrected chi connectivity index (χ0v) is 16.3. The SMILES string of the molecule is CCCCC(CC)CC(N)(CC(CC)CCCC)OC(C)C. The molecular weight excluding hydrogens is 270 g/mol. The molecule has 2 heteroatoms. The fourth-order valence-electron chi connectivity index (χ4n) is 3.51. The Morgan fingerprint density at radius 1 is 0.818 bits per heavy atom. The molecular formula is C20H43NO. The maximum atomic E-state index is 6.77. The highest BCUT2D eigenvalue weighted by molar-refractivity contribution is 4.81. The molecule has 0 aliphatic rings. The molecule has 2 unspecified atom stereocenters. The monoisotopic (exact) mass is 313 g/mol. The highest BCUT2D eigenvalue weighted by Crippen LogP contribution is 2.32. The minimum Gasteiger partial charge on any atom is -0.358 e. The van der Waals surface area contributed by atoms with E-state index in [0.717, 1.165) is 12.8 Å². The van der Waals surface area contributed by atoms with Gasteiger partial charge >= 0.3 is 0 Å². The van der Waals surface area contributed by atoms with E-state index >= 15 is 0 Å². The van der Waals surface area contributed by atoms with Gasteiger partial charge in [-0.25, -0.2) is 0 Å². The van der Waals surface area contributed by atoms with Crippen LogP contribution in [0.15, 0.2) is 0 Å². The van der Waals surface area contributed by atoms with Gasteiger partial charge in [-0.1, -0.05) is 79.1 Å². The number of ether oxygens (including phenoxy) is 1. The van der Waals surface area contributed by atoms with E-state index in [1.807, 2.05) is 0 Å². The first kappa shape index (κ1) is 21.9. The number of unbranched alkanes of at least 4 members (excludes halogenated alkanes) is 2. The van der Waals surface area contributed by atoms with E-state index in [9.17, 15) is 0 Å². The summed E-state index contributed by atoms with van der Waals surface area (Å²) < 4.78 is 6.24. The van der Waals surface area contributed by atoms with Gasteiger partial charge in [-0.2, -0.15) is 0 Å². The first-order chi connectivity index (χ1) is 10.4. The molecule has 0 rings (SSSR count). The Hall–Kier alpha value is -0.0800. The quantitative estimate of drug-likeness (QED) is 0.383. The average Bonchev–Trinajstić information content (AvgIpc) is 2.47. The molecule has 2 atom stereocenters. The van der Waals surface area contributed by atoms with Gasteiger partial charge in [-0.05, 0) is 38.5 Å². The van der Waals surface area contributed by atoms with Crippen LogP contribution in [-0.2, 0) is 4.74 Å². The maximum absolute atomic E-state index is 6.77. The third-order valence-electron chi connectivity index (χ3n) is 4.83. The van der Waals surface area contributed by atoms with Crippen molar-refractivity contribution in [2.75, 3.05) is 0 Å². The Labute approximate surface area is 140 Å². The second-order valence-corrected chi connectivity index (χ2v) is 7.47. The lowest BCUT2D eigenvalue weighted by Crippen LogP contribution is -2.47.